The van der Waals surface area contributed by atoms with Crippen molar-refractivity contribution in [1.82, 2.24) is 4.90 Å². The summed E-state index contributed by atoms with van der Waals surface area (Å²) in [6, 6.07) is 5.01. The van der Waals surface area contributed by atoms with E-state index < -0.39 is 5.60 Å². The fourth-order valence-electron chi connectivity index (χ4n) is 3.00. The minimum absolute atomic E-state index is 0.0694. The number of benzene rings is 1. The molecule has 128 valence electrons. The highest BCUT2D eigenvalue weighted by molar-refractivity contribution is 9.10. The van der Waals surface area contributed by atoms with Crippen LogP contribution in [0, 0.1) is 5.82 Å². The molecule has 1 aliphatic heterocycles. The monoisotopic (exact) mass is 386 g/mol. The third-order valence-corrected chi connectivity index (χ3v) is 4.17. The van der Waals surface area contributed by atoms with Gasteiger partial charge in [0.2, 0.25) is 0 Å². The van der Waals surface area contributed by atoms with Gasteiger partial charge in [-0.3, -0.25) is 0 Å². The Bertz CT molecular complexity index is 556. The number of halogens is 2. The normalized spacial score (nSPS) is 22.2. The van der Waals surface area contributed by atoms with E-state index in [1.165, 1.54) is 12.1 Å². The summed E-state index contributed by atoms with van der Waals surface area (Å²) in [7, 11) is 0. The molecule has 1 amide bonds. The summed E-state index contributed by atoms with van der Waals surface area (Å²) >= 11 is 3.34. The molecule has 1 heterocycles. The summed E-state index contributed by atoms with van der Waals surface area (Å²) in [4.78, 5) is 16.1. The highest BCUT2D eigenvalue weighted by Gasteiger charge is 2.34. The van der Waals surface area contributed by atoms with Crippen LogP contribution in [0.1, 0.15) is 34.6 Å². The average molecular weight is 387 g/mol. The van der Waals surface area contributed by atoms with Crippen LogP contribution in [-0.2, 0) is 4.74 Å². The Morgan fingerprint density at radius 2 is 1.78 bits per heavy atom. The molecule has 4 nitrogen and oxygen atoms in total. The van der Waals surface area contributed by atoms with Gasteiger partial charge in [-0.1, -0.05) is 15.9 Å². The van der Waals surface area contributed by atoms with E-state index in [-0.39, 0.29) is 24.0 Å². The zero-order chi connectivity index (χ0) is 17.4. The van der Waals surface area contributed by atoms with Crippen LogP contribution in [0.5, 0.6) is 0 Å². The van der Waals surface area contributed by atoms with Crippen molar-refractivity contribution in [3.8, 4) is 0 Å². The second kappa shape index (κ2) is 6.67. The summed E-state index contributed by atoms with van der Waals surface area (Å²) in [5.41, 5.74) is 0.314. The van der Waals surface area contributed by atoms with Crippen molar-refractivity contribution >= 4 is 27.7 Å². The van der Waals surface area contributed by atoms with Crippen molar-refractivity contribution in [3.05, 3.63) is 28.5 Å². The second-order valence-electron chi connectivity index (χ2n) is 7.12. The van der Waals surface area contributed by atoms with Crippen molar-refractivity contribution in [2.45, 2.75) is 52.3 Å². The van der Waals surface area contributed by atoms with Crippen molar-refractivity contribution in [3.63, 3.8) is 0 Å². The zero-order valence-electron chi connectivity index (χ0n) is 14.3. The van der Waals surface area contributed by atoms with Gasteiger partial charge in [0.25, 0.3) is 0 Å². The fourth-order valence-corrected chi connectivity index (χ4v) is 3.45. The van der Waals surface area contributed by atoms with E-state index >= 15 is 0 Å². The zero-order valence-corrected chi connectivity index (χ0v) is 15.9. The minimum Gasteiger partial charge on any atom is -0.444 e. The first-order valence-corrected chi connectivity index (χ1v) is 8.58. The first-order valence-electron chi connectivity index (χ1n) is 7.79. The number of rotatable bonds is 1. The van der Waals surface area contributed by atoms with Gasteiger partial charge in [0.15, 0.2) is 0 Å². The topological polar surface area (TPSA) is 32.8 Å². The lowest BCUT2D eigenvalue weighted by atomic mass is 10.1. The Hall–Kier alpha value is -1.30. The van der Waals surface area contributed by atoms with E-state index in [0.717, 1.165) is 5.69 Å². The Morgan fingerprint density at radius 1 is 1.22 bits per heavy atom. The Morgan fingerprint density at radius 3 is 2.26 bits per heavy atom. The van der Waals surface area contributed by atoms with Gasteiger partial charge in [-0.25, -0.2) is 9.18 Å². The van der Waals surface area contributed by atoms with Crippen LogP contribution in [0.4, 0.5) is 14.9 Å². The lowest BCUT2D eigenvalue weighted by Gasteiger charge is -2.45. The third kappa shape index (κ3) is 4.59. The molecular formula is C17H24BrFN2O2. The summed E-state index contributed by atoms with van der Waals surface area (Å²) in [6.07, 6.45) is -0.295. The maximum atomic E-state index is 13.7. The number of carbonyl (C=O) groups excluding carboxylic acids is 1. The number of nitrogens with zero attached hydrogens (tertiary/aromatic N) is 2. The highest BCUT2D eigenvalue weighted by atomic mass is 79.9. The van der Waals surface area contributed by atoms with E-state index in [2.05, 4.69) is 20.8 Å². The molecular weight excluding hydrogens is 363 g/mol. The van der Waals surface area contributed by atoms with Gasteiger partial charge < -0.3 is 14.5 Å². The lowest BCUT2D eigenvalue weighted by Crippen LogP contribution is -2.58. The van der Waals surface area contributed by atoms with Crippen molar-refractivity contribution in [2.24, 2.45) is 0 Å². The molecule has 0 aromatic heterocycles. The van der Waals surface area contributed by atoms with E-state index in [1.807, 2.05) is 40.7 Å². The van der Waals surface area contributed by atoms with Gasteiger partial charge in [0.1, 0.15) is 11.4 Å². The molecule has 0 aliphatic carbocycles. The molecule has 0 radical (unpaired) electrons. The number of anilines is 1. The Balaban J connectivity index is 2.15. The molecule has 0 saturated carbocycles. The third-order valence-electron chi connectivity index (χ3n) is 3.72. The van der Waals surface area contributed by atoms with Crippen LogP contribution in [0.3, 0.4) is 0 Å². The van der Waals surface area contributed by atoms with Gasteiger partial charge in [-0.15, -0.1) is 0 Å². The molecule has 0 bridgehead atoms. The smallest absolute Gasteiger partial charge is 0.410 e. The summed E-state index contributed by atoms with van der Waals surface area (Å²) in [6.45, 7) is 10.7. The summed E-state index contributed by atoms with van der Waals surface area (Å²) in [5.74, 6) is -0.275. The first kappa shape index (κ1) is 18.0. The maximum absolute atomic E-state index is 13.7. The quantitative estimate of drug-likeness (QED) is 0.715. The van der Waals surface area contributed by atoms with Crippen molar-refractivity contribution < 1.29 is 13.9 Å². The minimum atomic E-state index is -0.506. The first-order chi connectivity index (χ1) is 10.6. The van der Waals surface area contributed by atoms with Crippen LogP contribution in [0.2, 0.25) is 0 Å². The molecule has 1 aromatic rings. The van der Waals surface area contributed by atoms with Crippen molar-refractivity contribution in [1.29, 1.82) is 0 Å². The molecule has 23 heavy (non-hydrogen) atoms. The molecule has 0 unspecified atom stereocenters. The maximum Gasteiger partial charge on any atom is 0.410 e. The van der Waals surface area contributed by atoms with E-state index in [9.17, 15) is 9.18 Å². The van der Waals surface area contributed by atoms with Gasteiger partial charge in [0.05, 0.1) is 0 Å². The van der Waals surface area contributed by atoms with Gasteiger partial charge in [-0.2, -0.15) is 0 Å². The Labute approximate surface area is 145 Å². The SMILES string of the molecule is C[C@@H]1CN(C(=O)OC(C)(C)C)C[C@H](C)N1c1cc(F)cc(Br)c1. The van der Waals surface area contributed by atoms with E-state index in [0.29, 0.717) is 17.6 Å². The molecule has 2 rings (SSSR count). The molecule has 2 atom stereocenters. The predicted octanol–water partition coefficient (Wildman–Crippen LogP) is 4.42. The molecule has 6 heteroatoms. The molecule has 1 aliphatic rings. The van der Waals surface area contributed by atoms with Crippen LogP contribution in [0.15, 0.2) is 22.7 Å². The van der Waals surface area contributed by atoms with Crippen LogP contribution >= 0.6 is 15.9 Å². The average Bonchev–Trinajstić information content (AvgIpc) is 2.34. The molecule has 1 saturated heterocycles. The van der Waals surface area contributed by atoms with Gasteiger partial charge in [-0.05, 0) is 52.8 Å². The van der Waals surface area contributed by atoms with E-state index in [1.54, 1.807) is 4.90 Å². The summed E-state index contributed by atoms with van der Waals surface area (Å²) < 4.78 is 19.9. The van der Waals surface area contributed by atoms with Crippen LogP contribution < -0.4 is 4.90 Å². The lowest BCUT2D eigenvalue weighted by molar-refractivity contribution is 0.0193. The van der Waals surface area contributed by atoms with Crippen LogP contribution in [0.25, 0.3) is 0 Å². The number of piperazine rings is 1. The van der Waals surface area contributed by atoms with E-state index in [4.69, 9.17) is 4.74 Å². The largest absolute Gasteiger partial charge is 0.444 e. The second-order valence-corrected chi connectivity index (χ2v) is 8.03. The highest BCUT2D eigenvalue weighted by Crippen LogP contribution is 2.29. The van der Waals surface area contributed by atoms with Crippen LogP contribution in [-0.4, -0.2) is 41.8 Å². The number of ether oxygens (including phenoxy) is 1. The van der Waals surface area contributed by atoms with Gasteiger partial charge in [0, 0.05) is 35.3 Å². The number of amides is 1. The molecule has 0 spiro atoms. The van der Waals surface area contributed by atoms with Gasteiger partial charge >= 0.3 is 6.09 Å². The summed E-state index contributed by atoms with van der Waals surface area (Å²) in [5, 5.41) is 0. The molecule has 1 aromatic carbocycles. The standard InChI is InChI=1S/C17H24BrFN2O2/c1-11-9-20(16(22)23-17(3,4)5)10-12(2)21(11)15-7-13(18)6-14(19)8-15/h6-8,11-12H,9-10H2,1-5H3/t11-,12+. The number of hydrogen-bond donors (Lipinski definition) is 0. The fraction of sp³-hybridized carbons (Fsp3) is 0.588. The molecule has 0 N–H and O–H groups in total. The predicted molar refractivity (Wildman–Crippen MR) is 93.3 cm³/mol. The van der Waals surface area contributed by atoms with Crippen molar-refractivity contribution in [2.75, 3.05) is 18.0 Å². The number of carbonyl (C=O) groups is 1. The Kier molecular flexibility index (Phi) is 5.23. The number of hydrogen-bond acceptors (Lipinski definition) is 3. The molecule has 1 fully saturated rings.